The predicted octanol–water partition coefficient (Wildman–Crippen LogP) is 1.55. The normalized spacial score (nSPS) is 9.77. The number of fused-ring (bicyclic) bond motifs is 1. The van der Waals surface area contributed by atoms with Gasteiger partial charge in [0.1, 0.15) is 0 Å². The van der Waals surface area contributed by atoms with Gasteiger partial charge in [0.2, 0.25) is 6.41 Å². The molecular weight excluding hydrogens is 164 g/mol. The molecule has 0 unspecified atom stereocenters. The van der Waals surface area contributed by atoms with Gasteiger partial charge >= 0.3 is 0 Å². The van der Waals surface area contributed by atoms with Gasteiger partial charge in [0.25, 0.3) is 0 Å². The van der Waals surface area contributed by atoms with E-state index < -0.39 is 0 Å². The summed E-state index contributed by atoms with van der Waals surface area (Å²) >= 11 is 0. The van der Waals surface area contributed by atoms with Crippen molar-refractivity contribution in [3.05, 3.63) is 36.0 Å². The summed E-state index contributed by atoms with van der Waals surface area (Å²) in [6, 6.07) is 9.15. The fourth-order valence-electron chi connectivity index (χ4n) is 1.38. The Bertz CT molecular complexity index is 505. The number of hydrogen-bond donors (Lipinski definition) is 0. The van der Waals surface area contributed by atoms with Crippen molar-refractivity contribution in [2.24, 2.45) is 0 Å². The third-order valence-corrected chi connectivity index (χ3v) is 2.00. The standard InChI is InChI=1S/C10H6N2O/c11-6-8-2-1-3-10-9(8)4-5-12(10)7-13/h1-5,7H. The zero-order valence-electron chi connectivity index (χ0n) is 6.77. The Morgan fingerprint density at radius 1 is 1.38 bits per heavy atom. The second-order valence-electron chi connectivity index (χ2n) is 2.68. The highest BCUT2D eigenvalue weighted by Gasteiger charge is 2.03. The maximum atomic E-state index is 10.6. The fraction of sp³-hybridized carbons (Fsp3) is 0. The Morgan fingerprint density at radius 2 is 2.23 bits per heavy atom. The summed E-state index contributed by atoms with van der Waals surface area (Å²) in [5.41, 5.74) is 1.37. The van der Waals surface area contributed by atoms with E-state index in [9.17, 15) is 4.79 Å². The first-order valence-corrected chi connectivity index (χ1v) is 3.82. The minimum absolute atomic E-state index is 0.595. The number of nitrogens with zero attached hydrogens (tertiary/aromatic N) is 2. The summed E-state index contributed by atoms with van der Waals surface area (Å²) in [6.07, 6.45) is 2.38. The molecule has 0 aliphatic heterocycles. The Hall–Kier alpha value is -2.08. The van der Waals surface area contributed by atoms with Gasteiger partial charge in [0, 0.05) is 11.6 Å². The SMILES string of the molecule is N#Cc1cccc2c1ccn2C=O. The Balaban J connectivity index is 2.88. The average Bonchev–Trinajstić information content (AvgIpc) is 2.60. The first-order chi connectivity index (χ1) is 6.36. The van der Waals surface area contributed by atoms with Crippen LogP contribution < -0.4 is 0 Å². The highest BCUT2D eigenvalue weighted by molar-refractivity contribution is 5.89. The van der Waals surface area contributed by atoms with Crippen LogP contribution >= 0.6 is 0 Å². The lowest BCUT2D eigenvalue weighted by atomic mass is 10.1. The molecule has 0 aliphatic rings. The maximum absolute atomic E-state index is 10.6. The van der Waals surface area contributed by atoms with Crippen LogP contribution in [0.4, 0.5) is 0 Å². The van der Waals surface area contributed by atoms with Crippen molar-refractivity contribution < 1.29 is 4.79 Å². The van der Waals surface area contributed by atoms with Crippen molar-refractivity contribution >= 4 is 17.3 Å². The van der Waals surface area contributed by atoms with Crippen LogP contribution in [0.5, 0.6) is 0 Å². The van der Waals surface area contributed by atoms with E-state index in [-0.39, 0.29) is 0 Å². The minimum atomic E-state index is 0.595. The largest absolute Gasteiger partial charge is 0.290 e. The van der Waals surface area contributed by atoms with Crippen molar-refractivity contribution in [3.63, 3.8) is 0 Å². The molecule has 0 fully saturated rings. The first kappa shape index (κ1) is 7.56. The van der Waals surface area contributed by atoms with Crippen molar-refractivity contribution in [1.29, 1.82) is 5.26 Å². The number of carbonyl (C=O) groups is 1. The van der Waals surface area contributed by atoms with Gasteiger partial charge in [-0.1, -0.05) is 6.07 Å². The Kier molecular flexibility index (Phi) is 1.60. The molecule has 13 heavy (non-hydrogen) atoms. The van der Waals surface area contributed by atoms with E-state index in [0.717, 1.165) is 17.3 Å². The predicted molar refractivity (Wildman–Crippen MR) is 48.8 cm³/mol. The molecule has 2 rings (SSSR count). The molecule has 1 heterocycles. The van der Waals surface area contributed by atoms with Crippen LogP contribution in [0.1, 0.15) is 5.56 Å². The number of rotatable bonds is 1. The summed E-state index contributed by atoms with van der Waals surface area (Å²) in [7, 11) is 0. The topological polar surface area (TPSA) is 45.8 Å². The summed E-state index contributed by atoms with van der Waals surface area (Å²) in [6.45, 7) is 0. The summed E-state index contributed by atoms with van der Waals surface area (Å²) in [5.74, 6) is 0. The highest BCUT2D eigenvalue weighted by atomic mass is 16.1. The van der Waals surface area contributed by atoms with Crippen LogP contribution in [0.15, 0.2) is 30.5 Å². The molecule has 0 amide bonds. The fourth-order valence-corrected chi connectivity index (χ4v) is 1.38. The molecule has 0 saturated carbocycles. The van der Waals surface area contributed by atoms with Gasteiger partial charge in [0.05, 0.1) is 17.1 Å². The number of carbonyl (C=O) groups excluding carboxylic acids is 1. The quantitative estimate of drug-likeness (QED) is 0.609. The van der Waals surface area contributed by atoms with E-state index in [1.807, 2.05) is 6.07 Å². The van der Waals surface area contributed by atoms with Gasteiger partial charge in [-0.2, -0.15) is 5.26 Å². The summed E-state index contributed by atoms with van der Waals surface area (Å²) < 4.78 is 1.45. The molecular formula is C10H6N2O. The van der Waals surface area contributed by atoms with Crippen LogP contribution in [0.3, 0.4) is 0 Å². The average molecular weight is 170 g/mol. The van der Waals surface area contributed by atoms with Gasteiger partial charge in [-0.15, -0.1) is 0 Å². The van der Waals surface area contributed by atoms with Crippen molar-refractivity contribution in [3.8, 4) is 6.07 Å². The van der Waals surface area contributed by atoms with Crippen LogP contribution in [0.25, 0.3) is 10.9 Å². The number of hydrogen-bond acceptors (Lipinski definition) is 2. The van der Waals surface area contributed by atoms with E-state index >= 15 is 0 Å². The van der Waals surface area contributed by atoms with E-state index in [0.29, 0.717) is 5.56 Å². The van der Waals surface area contributed by atoms with Crippen LogP contribution in [0.2, 0.25) is 0 Å². The van der Waals surface area contributed by atoms with Crippen molar-refractivity contribution in [1.82, 2.24) is 4.57 Å². The molecule has 3 nitrogen and oxygen atoms in total. The van der Waals surface area contributed by atoms with Gasteiger partial charge in [0.15, 0.2) is 0 Å². The Labute approximate surface area is 74.8 Å². The van der Waals surface area contributed by atoms with E-state index in [4.69, 9.17) is 5.26 Å². The molecule has 0 radical (unpaired) electrons. The lowest BCUT2D eigenvalue weighted by Gasteiger charge is -1.94. The van der Waals surface area contributed by atoms with E-state index in [1.54, 1.807) is 24.4 Å². The number of nitriles is 1. The molecule has 0 atom stereocenters. The zero-order chi connectivity index (χ0) is 9.26. The van der Waals surface area contributed by atoms with Gasteiger partial charge < -0.3 is 0 Å². The second kappa shape index (κ2) is 2.76. The first-order valence-electron chi connectivity index (χ1n) is 3.82. The lowest BCUT2D eigenvalue weighted by Crippen LogP contribution is -1.90. The van der Waals surface area contributed by atoms with E-state index in [2.05, 4.69) is 6.07 Å². The molecule has 0 spiro atoms. The third kappa shape index (κ3) is 1.00. The molecule has 62 valence electrons. The molecule has 0 N–H and O–H groups in total. The lowest BCUT2D eigenvalue weighted by molar-refractivity contribution is 0.549. The smallest absolute Gasteiger partial charge is 0.218 e. The van der Waals surface area contributed by atoms with Crippen LogP contribution in [0, 0.1) is 11.3 Å². The second-order valence-corrected chi connectivity index (χ2v) is 2.68. The summed E-state index contributed by atoms with van der Waals surface area (Å²) in [5, 5.41) is 9.59. The van der Waals surface area contributed by atoms with Gasteiger partial charge in [-0.05, 0) is 18.2 Å². The third-order valence-electron chi connectivity index (χ3n) is 2.00. The Morgan fingerprint density at radius 3 is 2.92 bits per heavy atom. The molecule has 2 aromatic rings. The highest BCUT2D eigenvalue weighted by Crippen LogP contribution is 2.18. The molecule has 0 saturated heterocycles. The van der Waals surface area contributed by atoms with Crippen LogP contribution in [-0.2, 0) is 4.79 Å². The monoisotopic (exact) mass is 170 g/mol. The molecule has 0 aliphatic carbocycles. The molecule has 1 aromatic carbocycles. The van der Waals surface area contributed by atoms with Crippen molar-refractivity contribution in [2.75, 3.05) is 0 Å². The molecule has 0 bridgehead atoms. The van der Waals surface area contributed by atoms with Gasteiger partial charge in [-0.3, -0.25) is 9.36 Å². The van der Waals surface area contributed by atoms with Crippen molar-refractivity contribution in [2.45, 2.75) is 0 Å². The van der Waals surface area contributed by atoms with Gasteiger partial charge in [-0.25, -0.2) is 0 Å². The molecule has 3 heteroatoms. The molecule has 1 aromatic heterocycles. The minimum Gasteiger partial charge on any atom is -0.290 e. The van der Waals surface area contributed by atoms with Crippen LogP contribution in [-0.4, -0.2) is 11.0 Å². The maximum Gasteiger partial charge on any atom is 0.218 e. The number of benzene rings is 1. The van der Waals surface area contributed by atoms with E-state index in [1.165, 1.54) is 4.57 Å². The summed E-state index contributed by atoms with van der Waals surface area (Å²) in [4.78, 5) is 10.6. The zero-order valence-corrected chi connectivity index (χ0v) is 6.77. The number of aromatic nitrogens is 1.